The van der Waals surface area contributed by atoms with E-state index in [-0.39, 0.29) is 40.1 Å². The van der Waals surface area contributed by atoms with E-state index >= 15 is 0 Å². The Hall–Kier alpha value is -4.14. The zero-order valence-electron chi connectivity index (χ0n) is 21.2. The van der Waals surface area contributed by atoms with Gasteiger partial charge in [0.15, 0.2) is 12.5 Å². The van der Waals surface area contributed by atoms with Crippen molar-refractivity contribution >= 4 is 56.4 Å². The van der Waals surface area contributed by atoms with Gasteiger partial charge in [-0.3, -0.25) is 29.4 Å². The Labute approximate surface area is 216 Å². The van der Waals surface area contributed by atoms with Crippen molar-refractivity contribution in [3.05, 3.63) is 28.4 Å². The topological polar surface area (TPSA) is 175 Å². The SMILES string of the molecule is CCC(=O)OC(C)N(c1cc(NC(C)=O)c(N=Nc2ncc([N+](=O)[O-])s2)cc1OC)C(C)OC(=O)CC. The Morgan fingerprint density at radius 3 is 2.19 bits per heavy atom. The molecule has 0 aliphatic carbocycles. The molecule has 0 spiro atoms. The van der Waals surface area contributed by atoms with Crippen LogP contribution in [0.4, 0.5) is 27.2 Å². The zero-order chi connectivity index (χ0) is 27.7. The highest BCUT2D eigenvalue weighted by molar-refractivity contribution is 7.18. The average molecular weight is 537 g/mol. The van der Waals surface area contributed by atoms with Crippen molar-refractivity contribution in [3.63, 3.8) is 0 Å². The second-order valence-electron chi connectivity index (χ2n) is 7.45. The van der Waals surface area contributed by atoms with E-state index in [1.807, 2.05) is 0 Å². The summed E-state index contributed by atoms with van der Waals surface area (Å²) in [6.45, 7) is 7.79. The summed E-state index contributed by atoms with van der Waals surface area (Å²) in [7, 11) is 1.39. The van der Waals surface area contributed by atoms with E-state index in [0.717, 1.165) is 17.5 Å². The van der Waals surface area contributed by atoms with Crippen LogP contribution in [0.2, 0.25) is 0 Å². The van der Waals surface area contributed by atoms with Crippen molar-refractivity contribution in [2.45, 2.75) is 59.9 Å². The van der Waals surface area contributed by atoms with Crippen molar-refractivity contribution in [3.8, 4) is 5.75 Å². The number of rotatable bonds is 12. The number of ether oxygens (including phenoxy) is 3. The molecule has 1 aromatic carbocycles. The summed E-state index contributed by atoms with van der Waals surface area (Å²) in [5, 5.41) is 21.4. The highest BCUT2D eigenvalue weighted by Crippen LogP contribution is 2.41. The van der Waals surface area contributed by atoms with Gasteiger partial charge < -0.3 is 19.5 Å². The van der Waals surface area contributed by atoms with Crippen LogP contribution in [0.3, 0.4) is 0 Å². The number of hydrogen-bond donors (Lipinski definition) is 1. The van der Waals surface area contributed by atoms with Crippen LogP contribution >= 0.6 is 11.3 Å². The third-order valence-electron chi connectivity index (χ3n) is 4.76. The fourth-order valence-electron chi connectivity index (χ4n) is 3.13. The molecule has 200 valence electrons. The van der Waals surface area contributed by atoms with Crippen molar-refractivity contribution in [1.82, 2.24) is 4.98 Å². The Bertz CT molecular complexity index is 1160. The lowest BCUT2D eigenvalue weighted by molar-refractivity contribution is -0.380. The van der Waals surface area contributed by atoms with Crippen LogP contribution in [0.1, 0.15) is 47.5 Å². The maximum Gasteiger partial charge on any atom is 0.345 e. The first kappa shape index (κ1) is 29.1. The van der Waals surface area contributed by atoms with Crippen molar-refractivity contribution in [2.24, 2.45) is 10.2 Å². The third kappa shape index (κ3) is 7.93. The molecule has 0 bridgehead atoms. The number of aromatic nitrogens is 1. The smallest absolute Gasteiger partial charge is 0.345 e. The van der Waals surface area contributed by atoms with Gasteiger partial charge in [0, 0.05) is 25.8 Å². The number of benzene rings is 1. The van der Waals surface area contributed by atoms with Crippen molar-refractivity contribution in [1.29, 1.82) is 0 Å². The molecule has 0 fully saturated rings. The average Bonchev–Trinajstić information content (AvgIpc) is 3.32. The molecule has 1 heterocycles. The Kier molecular flexibility index (Phi) is 10.4. The molecule has 0 saturated heterocycles. The first-order valence-corrected chi connectivity index (χ1v) is 12.0. The number of azo groups is 1. The number of carbonyl (C=O) groups is 3. The molecule has 0 radical (unpaired) electrons. The van der Waals surface area contributed by atoms with Gasteiger partial charge in [-0.15, -0.1) is 10.2 Å². The molecule has 1 aromatic heterocycles. The number of hydrogen-bond acceptors (Lipinski definition) is 13. The second kappa shape index (κ2) is 13.2. The predicted molar refractivity (Wildman–Crippen MR) is 134 cm³/mol. The van der Waals surface area contributed by atoms with Crippen molar-refractivity contribution in [2.75, 3.05) is 17.3 Å². The Balaban J connectivity index is 2.61. The summed E-state index contributed by atoms with van der Waals surface area (Å²) in [4.78, 5) is 51.6. The fourth-order valence-corrected chi connectivity index (χ4v) is 3.68. The van der Waals surface area contributed by atoms with Crippen LogP contribution in [0.5, 0.6) is 5.75 Å². The molecule has 2 rings (SSSR count). The number of thiazole rings is 1. The number of carbonyl (C=O) groups excluding carboxylic acids is 3. The molecule has 2 unspecified atom stereocenters. The molecule has 1 N–H and O–H groups in total. The van der Waals surface area contributed by atoms with Crippen molar-refractivity contribution < 1.29 is 33.5 Å². The minimum atomic E-state index is -0.894. The van der Waals surface area contributed by atoms with Gasteiger partial charge in [0.1, 0.15) is 17.6 Å². The molecular formula is C22H28N6O8S. The van der Waals surface area contributed by atoms with Gasteiger partial charge in [-0.2, -0.15) is 0 Å². The normalized spacial score (nSPS) is 12.5. The largest absolute Gasteiger partial charge is 0.494 e. The van der Waals surface area contributed by atoms with E-state index in [2.05, 4.69) is 20.5 Å². The summed E-state index contributed by atoms with van der Waals surface area (Å²) >= 11 is 0.727. The molecule has 0 saturated carbocycles. The van der Waals surface area contributed by atoms with Crippen LogP contribution < -0.4 is 15.0 Å². The number of anilines is 2. The molecule has 0 aliphatic heterocycles. The highest BCUT2D eigenvalue weighted by atomic mass is 32.1. The first-order chi connectivity index (χ1) is 17.5. The van der Waals surface area contributed by atoms with E-state index in [1.54, 1.807) is 27.7 Å². The number of methoxy groups -OCH3 is 1. The molecule has 2 aromatic rings. The van der Waals surface area contributed by atoms with E-state index in [4.69, 9.17) is 14.2 Å². The lowest BCUT2D eigenvalue weighted by Gasteiger charge is -2.36. The Morgan fingerprint density at radius 2 is 1.73 bits per heavy atom. The lowest BCUT2D eigenvalue weighted by atomic mass is 10.2. The quantitative estimate of drug-likeness (QED) is 0.130. The van der Waals surface area contributed by atoms with Gasteiger partial charge in [0.05, 0.1) is 23.4 Å². The number of nitro groups is 1. The molecule has 0 aliphatic rings. The summed E-state index contributed by atoms with van der Waals surface area (Å²) in [6, 6.07) is 2.97. The number of amides is 1. The molecule has 37 heavy (non-hydrogen) atoms. The van der Waals surface area contributed by atoms with Gasteiger partial charge in [-0.1, -0.05) is 13.8 Å². The Morgan fingerprint density at radius 1 is 1.14 bits per heavy atom. The second-order valence-corrected chi connectivity index (χ2v) is 8.44. The summed E-state index contributed by atoms with van der Waals surface area (Å²) < 4.78 is 16.5. The van der Waals surface area contributed by atoms with E-state index < -0.39 is 35.2 Å². The molecule has 2 atom stereocenters. The monoisotopic (exact) mass is 536 g/mol. The predicted octanol–water partition coefficient (Wildman–Crippen LogP) is 4.84. The summed E-state index contributed by atoms with van der Waals surface area (Å²) in [5.41, 5.74) is 0.680. The fraction of sp³-hybridized carbons (Fsp3) is 0.455. The third-order valence-corrected chi connectivity index (χ3v) is 5.59. The van der Waals surface area contributed by atoms with Gasteiger partial charge in [0.2, 0.25) is 11.0 Å². The minimum absolute atomic E-state index is 0.0327. The van der Waals surface area contributed by atoms with Gasteiger partial charge >= 0.3 is 16.9 Å². The van der Waals surface area contributed by atoms with Crippen LogP contribution in [0.15, 0.2) is 28.6 Å². The summed E-state index contributed by atoms with van der Waals surface area (Å²) in [5.74, 6) is -1.14. The van der Waals surface area contributed by atoms with Gasteiger partial charge in [0.25, 0.3) is 0 Å². The molecule has 14 nitrogen and oxygen atoms in total. The molecule has 1 amide bonds. The van der Waals surface area contributed by atoms with E-state index in [0.29, 0.717) is 5.69 Å². The standard InChI is InChI=1S/C22H28N6O8S/c1-7-20(30)35-13(4)27(14(5)36-21(31)8-2)17-9-15(24-12(3)29)16(10-18(17)34-6)25-26-22-23-11-19(37-22)28(32)33/h9-11,13-14H,7-8H2,1-6H3,(H,24,29). The summed E-state index contributed by atoms with van der Waals surface area (Å²) in [6.07, 6.45) is -0.468. The molecular weight excluding hydrogens is 508 g/mol. The highest BCUT2D eigenvalue weighted by Gasteiger charge is 2.29. The number of esters is 2. The van der Waals surface area contributed by atoms with E-state index in [1.165, 1.54) is 31.1 Å². The molecule has 15 heteroatoms. The van der Waals surface area contributed by atoms with Gasteiger partial charge in [-0.05, 0) is 31.3 Å². The maximum absolute atomic E-state index is 12.0. The minimum Gasteiger partial charge on any atom is -0.494 e. The number of nitrogens with one attached hydrogen (secondary N) is 1. The van der Waals surface area contributed by atoms with Crippen LogP contribution in [0, 0.1) is 10.1 Å². The van der Waals surface area contributed by atoms with Crippen LogP contribution in [-0.4, -0.2) is 47.3 Å². The lowest BCUT2D eigenvalue weighted by Crippen LogP contribution is -2.45. The zero-order valence-corrected chi connectivity index (χ0v) is 22.0. The van der Waals surface area contributed by atoms with Crippen LogP contribution in [-0.2, 0) is 23.9 Å². The van der Waals surface area contributed by atoms with Gasteiger partial charge in [-0.25, -0.2) is 4.98 Å². The van der Waals surface area contributed by atoms with E-state index in [9.17, 15) is 24.5 Å². The van der Waals surface area contributed by atoms with Crippen LogP contribution in [0.25, 0.3) is 0 Å². The maximum atomic E-state index is 12.0. The number of nitrogens with zero attached hydrogens (tertiary/aromatic N) is 5. The first-order valence-electron chi connectivity index (χ1n) is 11.2.